The Kier molecular flexibility index (Phi) is 5.30. The molecule has 6 rings (SSSR count). The summed E-state index contributed by atoms with van der Waals surface area (Å²) in [5.41, 5.74) is 14.0. The van der Waals surface area contributed by atoms with Crippen LogP contribution in [0.5, 0.6) is 0 Å². The van der Waals surface area contributed by atoms with Crippen molar-refractivity contribution in [3.8, 4) is 22.3 Å². The molecule has 1 heterocycles. The second-order valence-electron chi connectivity index (χ2n) is 10.4. The highest BCUT2D eigenvalue weighted by Gasteiger charge is 2.39. The molecule has 0 bridgehead atoms. The van der Waals surface area contributed by atoms with E-state index in [4.69, 9.17) is 0 Å². The molecule has 176 valence electrons. The van der Waals surface area contributed by atoms with Crippen molar-refractivity contribution in [3.05, 3.63) is 138 Å². The van der Waals surface area contributed by atoms with E-state index in [9.17, 15) is 0 Å². The van der Waals surface area contributed by atoms with Crippen molar-refractivity contribution in [1.29, 1.82) is 0 Å². The monoisotopic (exact) mass is 465 g/mol. The molecule has 0 radical (unpaired) electrons. The number of anilines is 3. The van der Waals surface area contributed by atoms with Crippen molar-refractivity contribution in [2.45, 2.75) is 33.1 Å². The number of para-hydroxylation sites is 1. The number of hydrogen-bond acceptors (Lipinski definition) is 1. The van der Waals surface area contributed by atoms with Crippen molar-refractivity contribution >= 4 is 17.1 Å². The summed E-state index contributed by atoms with van der Waals surface area (Å²) in [5.74, 6) is 0. The van der Waals surface area contributed by atoms with Gasteiger partial charge in [0.2, 0.25) is 0 Å². The summed E-state index contributed by atoms with van der Waals surface area (Å²) >= 11 is 0. The lowest BCUT2D eigenvalue weighted by atomic mass is 9.70. The molecule has 0 spiro atoms. The largest absolute Gasteiger partial charge is 0.309 e. The Labute approximate surface area is 214 Å². The van der Waals surface area contributed by atoms with E-state index in [0.717, 1.165) is 0 Å². The van der Waals surface area contributed by atoms with Crippen molar-refractivity contribution in [3.63, 3.8) is 0 Å². The van der Waals surface area contributed by atoms with Crippen LogP contribution in [0.25, 0.3) is 22.3 Å². The summed E-state index contributed by atoms with van der Waals surface area (Å²) < 4.78 is 0. The Morgan fingerprint density at radius 3 is 1.86 bits per heavy atom. The maximum Gasteiger partial charge on any atom is 0.0538 e. The third-order valence-electron chi connectivity index (χ3n) is 7.69. The predicted molar refractivity (Wildman–Crippen MR) is 154 cm³/mol. The van der Waals surface area contributed by atoms with E-state index in [-0.39, 0.29) is 5.41 Å². The van der Waals surface area contributed by atoms with E-state index in [1.807, 2.05) is 0 Å². The van der Waals surface area contributed by atoms with E-state index < -0.39 is 0 Å². The van der Waals surface area contributed by atoms with Crippen LogP contribution in [0.15, 0.2) is 115 Å². The minimum atomic E-state index is -0.148. The van der Waals surface area contributed by atoms with Crippen LogP contribution in [0.1, 0.15) is 36.1 Å². The van der Waals surface area contributed by atoms with E-state index in [0.29, 0.717) is 0 Å². The summed E-state index contributed by atoms with van der Waals surface area (Å²) in [6, 6.07) is 41.9. The molecule has 0 fully saturated rings. The highest BCUT2D eigenvalue weighted by molar-refractivity contribution is 5.93. The summed E-state index contributed by atoms with van der Waals surface area (Å²) in [6.07, 6.45) is 0. The van der Waals surface area contributed by atoms with Crippen molar-refractivity contribution in [1.82, 2.24) is 0 Å². The molecule has 5 aromatic carbocycles. The van der Waals surface area contributed by atoms with Crippen LogP contribution in [0.3, 0.4) is 0 Å². The molecule has 36 heavy (non-hydrogen) atoms. The van der Waals surface area contributed by atoms with Gasteiger partial charge in [-0.25, -0.2) is 0 Å². The summed E-state index contributed by atoms with van der Waals surface area (Å²) in [5, 5.41) is 0. The fourth-order valence-corrected chi connectivity index (χ4v) is 5.84. The van der Waals surface area contributed by atoms with Gasteiger partial charge in [-0.1, -0.05) is 117 Å². The van der Waals surface area contributed by atoms with Gasteiger partial charge in [0.25, 0.3) is 0 Å². The van der Waals surface area contributed by atoms with Crippen molar-refractivity contribution in [2.75, 3.05) is 4.90 Å². The number of aryl methyl sites for hydroxylation is 2. The minimum absolute atomic E-state index is 0.148. The zero-order chi connectivity index (χ0) is 24.9. The summed E-state index contributed by atoms with van der Waals surface area (Å²) in [7, 11) is 0. The lowest BCUT2D eigenvalue weighted by Crippen LogP contribution is -2.32. The molecule has 0 aromatic heterocycles. The minimum Gasteiger partial charge on any atom is -0.309 e. The average molecular weight is 466 g/mol. The fraction of sp³-hybridized carbons (Fsp3) is 0.143. The molecule has 1 aliphatic rings. The third-order valence-corrected chi connectivity index (χ3v) is 7.69. The van der Waals surface area contributed by atoms with E-state index in [1.54, 1.807) is 0 Å². The Morgan fingerprint density at radius 1 is 0.528 bits per heavy atom. The van der Waals surface area contributed by atoms with Gasteiger partial charge in [0.05, 0.1) is 11.4 Å². The first-order valence-electron chi connectivity index (χ1n) is 12.7. The molecule has 0 amide bonds. The van der Waals surface area contributed by atoms with Crippen molar-refractivity contribution in [2.24, 2.45) is 0 Å². The van der Waals surface area contributed by atoms with Gasteiger partial charge in [0.15, 0.2) is 0 Å². The van der Waals surface area contributed by atoms with Gasteiger partial charge >= 0.3 is 0 Å². The molecule has 0 atom stereocenters. The second-order valence-corrected chi connectivity index (χ2v) is 10.4. The van der Waals surface area contributed by atoms with Gasteiger partial charge in [-0.2, -0.15) is 0 Å². The first kappa shape index (κ1) is 22.4. The quantitative estimate of drug-likeness (QED) is 0.256. The summed E-state index contributed by atoms with van der Waals surface area (Å²) in [6.45, 7) is 9.23. The van der Waals surface area contributed by atoms with Gasteiger partial charge in [0, 0.05) is 11.1 Å². The van der Waals surface area contributed by atoms with Crippen LogP contribution < -0.4 is 4.90 Å². The third kappa shape index (κ3) is 3.46. The number of nitrogens with zero attached hydrogens (tertiary/aromatic N) is 1. The molecule has 1 aliphatic heterocycles. The molecule has 0 unspecified atom stereocenters. The van der Waals surface area contributed by atoms with E-state index >= 15 is 0 Å². The molecular formula is C35H31N. The Bertz CT molecular complexity index is 1560. The van der Waals surface area contributed by atoms with Gasteiger partial charge in [-0.3, -0.25) is 0 Å². The zero-order valence-corrected chi connectivity index (χ0v) is 21.4. The highest BCUT2D eigenvalue weighted by Crippen LogP contribution is 2.56. The Morgan fingerprint density at radius 2 is 1.14 bits per heavy atom. The normalized spacial score (nSPS) is 13.7. The van der Waals surface area contributed by atoms with Gasteiger partial charge < -0.3 is 4.90 Å². The average Bonchev–Trinajstić information content (AvgIpc) is 2.91. The summed E-state index contributed by atoms with van der Waals surface area (Å²) in [4.78, 5) is 2.51. The van der Waals surface area contributed by atoms with Gasteiger partial charge in [-0.05, 0) is 70.5 Å². The lowest BCUT2D eigenvalue weighted by molar-refractivity contribution is 0.633. The van der Waals surface area contributed by atoms with Crippen LogP contribution in [0, 0.1) is 13.8 Å². The maximum absolute atomic E-state index is 2.51. The number of fused-ring (bicyclic) bond motifs is 2. The molecule has 0 saturated heterocycles. The van der Waals surface area contributed by atoms with Gasteiger partial charge in [0.1, 0.15) is 0 Å². The SMILES string of the molecule is Cc1ccc(-c2ccccc2)cc1N1c2ccccc2C(C)(C)c2c(-c3ccccc3)ccc(C)c21. The van der Waals surface area contributed by atoms with Crippen LogP contribution in [0.4, 0.5) is 17.1 Å². The predicted octanol–water partition coefficient (Wildman–Crippen LogP) is 9.75. The molecular weight excluding hydrogens is 434 g/mol. The van der Waals surface area contributed by atoms with Crippen LogP contribution >= 0.6 is 0 Å². The molecule has 5 aromatic rings. The smallest absolute Gasteiger partial charge is 0.0538 e. The first-order chi connectivity index (χ1) is 17.5. The number of benzene rings is 5. The van der Waals surface area contributed by atoms with E-state index in [2.05, 4.69) is 148 Å². The standard InChI is InChI=1S/C35H31N/c1-24-19-21-28(26-13-7-5-8-14-26)23-32(24)36-31-18-12-11-17-30(31)35(3,4)33-29(22-20-25(2)34(33)36)27-15-9-6-10-16-27/h5-23H,1-4H3. The molecule has 0 aliphatic carbocycles. The second kappa shape index (κ2) is 8.53. The lowest BCUT2D eigenvalue weighted by Gasteiger charge is -2.44. The molecule has 0 N–H and O–H groups in total. The Hall–Kier alpha value is -4.10. The molecule has 1 nitrogen and oxygen atoms in total. The highest BCUT2D eigenvalue weighted by atomic mass is 15.2. The van der Waals surface area contributed by atoms with Crippen LogP contribution in [0.2, 0.25) is 0 Å². The molecule has 1 heteroatoms. The van der Waals surface area contributed by atoms with E-state index in [1.165, 1.54) is 61.6 Å². The first-order valence-corrected chi connectivity index (χ1v) is 12.7. The zero-order valence-electron chi connectivity index (χ0n) is 21.4. The molecule has 0 saturated carbocycles. The topological polar surface area (TPSA) is 3.24 Å². The van der Waals surface area contributed by atoms with Gasteiger partial charge in [-0.15, -0.1) is 0 Å². The Balaban J connectivity index is 1.68. The number of hydrogen-bond donors (Lipinski definition) is 0. The number of rotatable bonds is 3. The maximum atomic E-state index is 2.51. The van der Waals surface area contributed by atoms with Crippen molar-refractivity contribution < 1.29 is 0 Å². The fourth-order valence-electron chi connectivity index (χ4n) is 5.84. The van der Waals surface area contributed by atoms with Crippen LogP contribution in [-0.4, -0.2) is 0 Å². The van der Waals surface area contributed by atoms with Crippen LogP contribution in [-0.2, 0) is 5.41 Å².